The van der Waals surface area contributed by atoms with Gasteiger partial charge in [0, 0.05) is 0 Å². The molecule has 0 aliphatic heterocycles. The molecule has 0 aliphatic carbocycles. The van der Waals surface area contributed by atoms with Gasteiger partial charge >= 0.3 is 98.6 Å². The van der Waals surface area contributed by atoms with E-state index in [1.54, 1.807) is 12.4 Å². The number of imidazole rings is 2. The van der Waals surface area contributed by atoms with Gasteiger partial charge in [-0.05, 0) is 0 Å². The molecule has 15 heavy (non-hydrogen) atoms. The molecule has 2 aromatic rings. The van der Waals surface area contributed by atoms with Gasteiger partial charge in [-0.3, -0.25) is 0 Å². The van der Waals surface area contributed by atoms with Crippen LogP contribution >= 0.6 is 20.4 Å². The molecule has 86 valence electrons. The molecule has 0 N–H and O–H groups in total. The first-order valence-electron chi connectivity index (χ1n) is 4.04. The van der Waals surface area contributed by atoms with E-state index in [1.165, 1.54) is 0 Å². The Morgan fingerprint density at radius 3 is 1.67 bits per heavy atom. The monoisotopic (exact) mass is 290 g/mol. The van der Waals surface area contributed by atoms with Crippen LogP contribution in [0, 0.1) is 0 Å². The van der Waals surface area contributed by atoms with Crippen LogP contribution in [0.1, 0.15) is 0 Å². The molecule has 0 radical (unpaired) electrons. The van der Waals surface area contributed by atoms with E-state index in [1.807, 2.05) is 35.6 Å². The average molecular weight is 292 g/mol. The summed E-state index contributed by atoms with van der Waals surface area (Å²) >= 11 is 0. The van der Waals surface area contributed by atoms with Crippen LogP contribution in [0.15, 0.2) is 24.8 Å². The predicted molar refractivity (Wildman–Crippen MR) is 57.4 cm³/mol. The summed E-state index contributed by atoms with van der Waals surface area (Å²) in [5, 5.41) is 0. The summed E-state index contributed by atoms with van der Waals surface area (Å²) in [6, 6.07) is 0. The van der Waals surface area contributed by atoms with Gasteiger partial charge in [0.05, 0.1) is 0 Å². The van der Waals surface area contributed by atoms with Crippen molar-refractivity contribution in [2.45, 2.75) is 0 Å². The van der Waals surface area contributed by atoms with Crippen LogP contribution in [0.2, 0.25) is 0 Å². The Morgan fingerprint density at radius 2 is 1.40 bits per heavy atom. The van der Waals surface area contributed by atoms with Gasteiger partial charge in [0.2, 0.25) is 0 Å². The molecule has 0 unspecified atom stereocenters. The number of aryl methyl sites for hydroxylation is 2. The van der Waals surface area contributed by atoms with E-state index in [2.05, 4.69) is 9.97 Å². The summed E-state index contributed by atoms with van der Waals surface area (Å²) in [4.78, 5) is 9.64. The maximum atomic E-state index is 6.37. The molecule has 0 saturated heterocycles. The summed E-state index contributed by atoms with van der Waals surface area (Å²) in [7, 11) is 14.2. The van der Waals surface area contributed by atoms with Crippen molar-refractivity contribution in [3.8, 4) is 0 Å². The summed E-state index contributed by atoms with van der Waals surface area (Å²) < 4.78 is 3.63. The second-order valence-corrected chi connectivity index (χ2v) is 8.40. The van der Waals surface area contributed by atoms with Crippen molar-refractivity contribution in [2.75, 3.05) is 0 Å². The number of aromatic nitrogens is 4. The van der Waals surface area contributed by atoms with Gasteiger partial charge < -0.3 is 0 Å². The van der Waals surface area contributed by atoms with E-state index in [0.717, 1.165) is 0 Å². The normalized spacial score (nSPS) is 13.1. The summed E-state index contributed by atoms with van der Waals surface area (Å²) in [5.74, 6) is 0. The molecule has 2 rings (SSSR count). The van der Waals surface area contributed by atoms with E-state index in [-0.39, 0.29) is 0 Å². The van der Waals surface area contributed by atoms with E-state index in [9.17, 15) is 0 Å². The van der Waals surface area contributed by atoms with Gasteiger partial charge in [-0.25, -0.2) is 0 Å². The first-order chi connectivity index (χ1) is 7.03. The van der Waals surface area contributed by atoms with Gasteiger partial charge in [-0.2, -0.15) is 0 Å². The molecule has 0 saturated carbocycles. The topological polar surface area (TPSA) is 35.6 Å². The Hall–Kier alpha value is -0.506. The van der Waals surface area contributed by atoms with Crippen LogP contribution in [-0.2, 0) is 24.7 Å². The zero-order chi connectivity index (χ0) is 11.1. The molecule has 0 amide bonds. The zero-order valence-electron chi connectivity index (χ0n) is 8.17. The number of nitrogens with zero attached hydrogens (tertiary/aromatic N) is 4. The number of hydrogen-bond donors (Lipinski definition) is 0. The van der Waals surface area contributed by atoms with Gasteiger partial charge in [0.25, 0.3) is 0 Å². The fourth-order valence-electron chi connectivity index (χ4n) is 1.12. The summed E-state index contributed by atoms with van der Waals surface area (Å²) in [6.07, 6.45) is 6.97. The Bertz CT molecular complexity index is 434. The average Bonchev–Trinajstić information content (AvgIpc) is 2.73. The third kappa shape index (κ3) is 1.80. The number of rotatable bonds is 2. The second-order valence-electron chi connectivity index (χ2n) is 2.92. The molecule has 0 bridgehead atoms. The van der Waals surface area contributed by atoms with Crippen LogP contribution in [0.5, 0.6) is 0 Å². The van der Waals surface area contributed by atoms with E-state index < -0.39 is 10.6 Å². The Morgan fingerprint density at radius 1 is 1.00 bits per heavy atom. The number of hydrogen-bond acceptors (Lipinski definition) is 2. The van der Waals surface area contributed by atoms with Gasteiger partial charge in [-0.15, -0.1) is 0 Å². The minimum absolute atomic E-state index is 0.649. The zero-order valence-corrected chi connectivity index (χ0v) is 10.7. The predicted octanol–water partition coefficient (Wildman–Crippen LogP) is 0.566. The van der Waals surface area contributed by atoms with Crippen molar-refractivity contribution in [1.82, 2.24) is 19.1 Å². The van der Waals surface area contributed by atoms with E-state index in [0.29, 0.717) is 9.59 Å². The van der Waals surface area contributed by atoms with Crippen LogP contribution in [-0.4, -0.2) is 19.1 Å². The fraction of sp³-hybridized carbons (Fsp3) is 0.250. The second kappa shape index (κ2) is 3.82. The Balaban J connectivity index is 2.53. The summed E-state index contributed by atoms with van der Waals surface area (Å²) in [5.41, 5.74) is 0. The van der Waals surface area contributed by atoms with Crippen molar-refractivity contribution >= 4 is 30.0 Å². The third-order valence-electron chi connectivity index (χ3n) is 1.82. The standard InChI is InChI=1S/2C4H5N2.2ClH.Ni/c2*1-6-3-2-5-4-6;;;/h2*2-3H,1H3;2*1H;/q;;;;+2/p-2. The molecule has 2 aromatic heterocycles. The van der Waals surface area contributed by atoms with Gasteiger partial charge in [0.1, 0.15) is 0 Å². The number of halogens is 2. The van der Waals surface area contributed by atoms with Crippen LogP contribution in [0.25, 0.3) is 0 Å². The van der Waals surface area contributed by atoms with Gasteiger partial charge in [-0.1, -0.05) is 0 Å². The van der Waals surface area contributed by atoms with Crippen molar-refractivity contribution in [2.24, 2.45) is 14.1 Å². The molecule has 7 heteroatoms. The first kappa shape index (κ1) is 11.0. The van der Waals surface area contributed by atoms with Crippen LogP contribution in [0.3, 0.4) is 0 Å². The SMILES string of the molecule is Cn1ccn[c]1[Ni]([Cl])([Cl])[c]1nccn1C. The molecule has 0 aromatic carbocycles. The maximum absolute atomic E-state index is 6.37. The molecule has 0 spiro atoms. The third-order valence-corrected chi connectivity index (χ3v) is 5.64. The molecule has 0 atom stereocenters. The molecule has 0 fully saturated rings. The van der Waals surface area contributed by atoms with Crippen LogP contribution < -0.4 is 9.59 Å². The van der Waals surface area contributed by atoms with Gasteiger partial charge in [0.15, 0.2) is 0 Å². The fourth-order valence-corrected chi connectivity index (χ4v) is 4.71. The molecule has 4 nitrogen and oxygen atoms in total. The summed E-state index contributed by atoms with van der Waals surface area (Å²) in [6.45, 7) is 0. The molecule has 0 aliphatic rings. The Kier molecular flexibility index (Phi) is 2.80. The molecular formula is C8H10Cl2N4Ni. The quantitative estimate of drug-likeness (QED) is 0.758. The van der Waals surface area contributed by atoms with E-state index in [4.69, 9.17) is 20.4 Å². The van der Waals surface area contributed by atoms with E-state index >= 15 is 0 Å². The molecular weight excluding hydrogens is 282 g/mol. The van der Waals surface area contributed by atoms with Crippen molar-refractivity contribution < 1.29 is 10.6 Å². The van der Waals surface area contributed by atoms with Crippen LogP contribution in [0.4, 0.5) is 0 Å². The minimum atomic E-state index is -2.28. The first-order valence-corrected chi connectivity index (χ1v) is 7.75. The molecule has 2 heterocycles. The van der Waals surface area contributed by atoms with Crippen molar-refractivity contribution in [1.29, 1.82) is 0 Å². The van der Waals surface area contributed by atoms with Crippen molar-refractivity contribution in [3.05, 3.63) is 24.8 Å². The van der Waals surface area contributed by atoms with Crippen molar-refractivity contribution in [3.63, 3.8) is 0 Å². The Labute approximate surface area is 98.5 Å².